The number of hydroxylamine groups is 6. The zero-order chi connectivity index (χ0) is 16.9. The van der Waals surface area contributed by atoms with E-state index < -0.39 is 5.54 Å². The molecule has 7 heteroatoms. The van der Waals surface area contributed by atoms with Gasteiger partial charge in [0.1, 0.15) is 6.26 Å². The van der Waals surface area contributed by atoms with Crippen molar-refractivity contribution in [2.75, 3.05) is 39.3 Å². The summed E-state index contributed by atoms with van der Waals surface area (Å²) in [5, 5.41) is 27.6. The maximum atomic E-state index is 10.0. The molecule has 2 fully saturated rings. The lowest BCUT2D eigenvalue weighted by Gasteiger charge is -2.43. The summed E-state index contributed by atoms with van der Waals surface area (Å²) >= 11 is 0. The number of nitrogens with one attached hydrogen (secondary N) is 1. The average Bonchev–Trinajstić information content (AvgIpc) is 2.48. The van der Waals surface area contributed by atoms with Crippen LogP contribution in [0.15, 0.2) is 25.0 Å². The van der Waals surface area contributed by atoms with Gasteiger partial charge in [-0.05, 0) is 32.8 Å². The highest BCUT2D eigenvalue weighted by atomic mass is 16.7. The molecule has 0 aliphatic carbocycles. The zero-order valence-corrected chi connectivity index (χ0v) is 14.2. The fraction of sp³-hybridized carbons (Fsp3) is 0.750. The number of piperazine rings is 2. The number of nitrogens with zero attached hydrogens (tertiary/aromatic N) is 3. The van der Waals surface area contributed by atoms with Crippen LogP contribution in [0, 0.1) is 0 Å². The molecule has 0 aromatic heterocycles. The third kappa shape index (κ3) is 5.00. The maximum Gasteiger partial charge on any atom is 0.107 e. The van der Waals surface area contributed by atoms with E-state index in [0.717, 1.165) is 26.1 Å². The molecular formula is C16H30N4O3. The first-order valence-electron chi connectivity index (χ1n) is 8.20. The molecule has 2 saturated heterocycles. The SMILES string of the molecule is C=CC[C@@]1(C)CN(O/C=C/C[C@@]2(C)CN(O)CCN2O)CCN1. The molecule has 3 N–H and O–H groups in total. The highest BCUT2D eigenvalue weighted by molar-refractivity contribution is 4.96. The van der Waals surface area contributed by atoms with E-state index in [0.29, 0.717) is 26.1 Å². The normalized spacial score (nSPS) is 34.8. The molecule has 132 valence electrons. The zero-order valence-electron chi connectivity index (χ0n) is 14.2. The van der Waals surface area contributed by atoms with Crippen LogP contribution in [-0.4, -0.2) is 76.0 Å². The van der Waals surface area contributed by atoms with Gasteiger partial charge in [-0.3, -0.25) is 0 Å². The van der Waals surface area contributed by atoms with Gasteiger partial charge in [0.2, 0.25) is 0 Å². The fourth-order valence-corrected chi connectivity index (χ4v) is 3.19. The van der Waals surface area contributed by atoms with Crippen LogP contribution in [0.1, 0.15) is 26.7 Å². The van der Waals surface area contributed by atoms with E-state index in [-0.39, 0.29) is 5.54 Å². The van der Waals surface area contributed by atoms with Crippen molar-refractivity contribution in [1.82, 2.24) is 20.5 Å². The van der Waals surface area contributed by atoms with Crippen LogP contribution in [0.5, 0.6) is 0 Å². The Morgan fingerprint density at radius 2 is 1.96 bits per heavy atom. The minimum atomic E-state index is -0.506. The van der Waals surface area contributed by atoms with Crippen LogP contribution in [-0.2, 0) is 4.84 Å². The maximum absolute atomic E-state index is 10.0. The molecule has 2 heterocycles. The van der Waals surface area contributed by atoms with Gasteiger partial charge in [0, 0.05) is 38.3 Å². The van der Waals surface area contributed by atoms with E-state index in [9.17, 15) is 10.4 Å². The Morgan fingerprint density at radius 1 is 1.17 bits per heavy atom. The second-order valence-corrected chi connectivity index (χ2v) is 7.03. The third-order valence-electron chi connectivity index (χ3n) is 4.61. The molecule has 7 nitrogen and oxygen atoms in total. The van der Waals surface area contributed by atoms with Crippen LogP contribution in [0.2, 0.25) is 0 Å². The summed E-state index contributed by atoms with van der Waals surface area (Å²) in [4.78, 5) is 5.73. The summed E-state index contributed by atoms with van der Waals surface area (Å²) in [7, 11) is 0. The van der Waals surface area contributed by atoms with Gasteiger partial charge in [0.25, 0.3) is 0 Å². The van der Waals surface area contributed by atoms with Gasteiger partial charge in [0.05, 0.1) is 12.1 Å². The summed E-state index contributed by atoms with van der Waals surface area (Å²) < 4.78 is 0. The lowest BCUT2D eigenvalue weighted by Crippen LogP contribution is -2.58. The number of hydrogen-bond acceptors (Lipinski definition) is 7. The van der Waals surface area contributed by atoms with Gasteiger partial charge >= 0.3 is 0 Å². The molecule has 0 aromatic carbocycles. The minimum Gasteiger partial charge on any atom is -0.414 e. The average molecular weight is 326 g/mol. The summed E-state index contributed by atoms with van der Waals surface area (Å²) in [5.41, 5.74) is -0.518. The Labute approximate surface area is 138 Å². The van der Waals surface area contributed by atoms with E-state index in [1.807, 2.05) is 24.1 Å². The first kappa shape index (κ1) is 18.4. The molecule has 0 aromatic rings. The van der Waals surface area contributed by atoms with Crippen LogP contribution >= 0.6 is 0 Å². The second kappa shape index (κ2) is 7.74. The van der Waals surface area contributed by atoms with Crippen LogP contribution < -0.4 is 5.32 Å². The molecular weight excluding hydrogens is 296 g/mol. The van der Waals surface area contributed by atoms with Gasteiger partial charge in [-0.2, -0.15) is 10.1 Å². The largest absolute Gasteiger partial charge is 0.414 e. The molecule has 0 saturated carbocycles. The summed E-state index contributed by atoms with van der Waals surface area (Å²) in [6.45, 7) is 11.7. The Morgan fingerprint density at radius 3 is 2.70 bits per heavy atom. The molecule has 2 aliphatic heterocycles. The lowest BCUT2D eigenvalue weighted by molar-refractivity contribution is -0.245. The molecule has 0 radical (unpaired) electrons. The molecule has 0 amide bonds. The van der Waals surface area contributed by atoms with Crippen molar-refractivity contribution in [2.24, 2.45) is 0 Å². The molecule has 2 aliphatic rings. The van der Waals surface area contributed by atoms with Gasteiger partial charge in [-0.15, -0.1) is 11.6 Å². The van der Waals surface area contributed by atoms with Crippen LogP contribution in [0.3, 0.4) is 0 Å². The van der Waals surface area contributed by atoms with Gasteiger partial charge in [0.15, 0.2) is 0 Å². The fourth-order valence-electron chi connectivity index (χ4n) is 3.19. The smallest absolute Gasteiger partial charge is 0.107 e. The van der Waals surface area contributed by atoms with Crippen molar-refractivity contribution in [3.05, 3.63) is 25.0 Å². The van der Waals surface area contributed by atoms with Crippen molar-refractivity contribution in [1.29, 1.82) is 0 Å². The Hall–Kier alpha value is -0.960. The lowest BCUT2D eigenvalue weighted by atomic mass is 9.95. The Balaban J connectivity index is 1.81. The van der Waals surface area contributed by atoms with Crippen molar-refractivity contribution in [3.8, 4) is 0 Å². The first-order valence-corrected chi connectivity index (χ1v) is 8.20. The standard InChI is InChI=1S/C16H30N4O3/c1-4-6-15(2)13-19(9-8-17-15)23-12-5-7-16(3)14-18(21)10-11-20(16)22/h4-5,12,17,21-22H,1,6-11,13-14H2,2-3H3/b12-5+/t15-,16-/m0/s1. The Bertz CT molecular complexity index is 434. The van der Waals surface area contributed by atoms with E-state index in [1.54, 1.807) is 6.26 Å². The highest BCUT2D eigenvalue weighted by Gasteiger charge is 2.36. The quantitative estimate of drug-likeness (QED) is 0.501. The van der Waals surface area contributed by atoms with Crippen LogP contribution in [0.25, 0.3) is 0 Å². The van der Waals surface area contributed by atoms with E-state index in [1.165, 1.54) is 10.1 Å². The molecule has 23 heavy (non-hydrogen) atoms. The monoisotopic (exact) mass is 326 g/mol. The molecule has 0 spiro atoms. The van der Waals surface area contributed by atoms with Gasteiger partial charge in [-0.1, -0.05) is 6.08 Å². The molecule has 2 rings (SSSR count). The topological polar surface area (TPSA) is 71.4 Å². The van der Waals surface area contributed by atoms with E-state index >= 15 is 0 Å². The van der Waals surface area contributed by atoms with Gasteiger partial charge in [-0.25, -0.2) is 0 Å². The number of rotatable bonds is 6. The Kier molecular flexibility index (Phi) is 6.19. The summed E-state index contributed by atoms with van der Waals surface area (Å²) in [5.74, 6) is 0. The van der Waals surface area contributed by atoms with Crippen molar-refractivity contribution in [2.45, 2.75) is 37.8 Å². The predicted octanol–water partition coefficient (Wildman–Crippen LogP) is 1.22. The van der Waals surface area contributed by atoms with Crippen molar-refractivity contribution in [3.63, 3.8) is 0 Å². The predicted molar refractivity (Wildman–Crippen MR) is 87.9 cm³/mol. The summed E-state index contributed by atoms with van der Waals surface area (Å²) in [6, 6.07) is 0. The van der Waals surface area contributed by atoms with Crippen LogP contribution in [0.4, 0.5) is 0 Å². The summed E-state index contributed by atoms with van der Waals surface area (Å²) in [6.07, 6.45) is 6.98. The van der Waals surface area contributed by atoms with E-state index in [4.69, 9.17) is 4.84 Å². The molecule has 2 atom stereocenters. The number of hydrogen-bond donors (Lipinski definition) is 3. The highest BCUT2D eigenvalue weighted by Crippen LogP contribution is 2.23. The molecule has 0 bridgehead atoms. The van der Waals surface area contributed by atoms with Gasteiger partial charge < -0.3 is 20.6 Å². The third-order valence-corrected chi connectivity index (χ3v) is 4.61. The van der Waals surface area contributed by atoms with E-state index in [2.05, 4.69) is 18.8 Å². The second-order valence-electron chi connectivity index (χ2n) is 7.03. The first-order chi connectivity index (χ1) is 10.9. The van der Waals surface area contributed by atoms with Crippen molar-refractivity contribution < 1.29 is 15.3 Å². The van der Waals surface area contributed by atoms with Crippen molar-refractivity contribution >= 4 is 0 Å². The minimum absolute atomic E-state index is 0.0114. The molecule has 0 unspecified atom stereocenters.